The molecule has 148 valence electrons. The number of para-hydroxylation sites is 1. The zero-order chi connectivity index (χ0) is 21.1. The monoisotopic (exact) mass is 399 g/mol. The van der Waals surface area contributed by atoms with Crippen molar-refractivity contribution in [2.75, 3.05) is 5.01 Å². The molecular formula is C28H21N3. The van der Waals surface area contributed by atoms with Gasteiger partial charge < -0.3 is 0 Å². The van der Waals surface area contributed by atoms with Crippen LogP contribution in [0.5, 0.6) is 0 Å². The van der Waals surface area contributed by atoms with Gasteiger partial charge in [0.2, 0.25) is 0 Å². The first kappa shape index (κ1) is 18.8. The molecule has 0 spiro atoms. The van der Waals surface area contributed by atoms with E-state index in [9.17, 15) is 5.26 Å². The van der Waals surface area contributed by atoms with E-state index in [-0.39, 0.29) is 0 Å². The lowest BCUT2D eigenvalue weighted by Crippen LogP contribution is -2.41. The largest absolute Gasteiger partial charge is 0.250 e. The van der Waals surface area contributed by atoms with Gasteiger partial charge in [0.05, 0.1) is 23.0 Å². The molecule has 1 aliphatic rings. The van der Waals surface area contributed by atoms with Gasteiger partial charge in [-0.05, 0) is 41.0 Å². The second-order valence-corrected chi connectivity index (χ2v) is 7.65. The Morgan fingerprint density at radius 2 is 1.19 bits per heavy atom. The minimum Gasteiger partial charge on any atom is -0.250 e. The van der Waals surface area contributed by atoms with Crippen LogP contribution in [0.2, 0.25) is 0 Å². The van der Waals surface area contributed by atoms with Gasteiger partial charge in [-0.2, -0.15) is 10.4 Å². The van der Waals surface area contributed by atoms with Crippen LogP contribution in [0.15, 0.2) is 120 Å². The van der Waals surface area contributed by atoms with E-state index in [4.69, 9.17) is 5.10 Å². The molecular weight excluding hydrogens is 378 g/mol. The number of hydrogen-bond acceptors (Lipinski definition) is 3. The minimum atomic E-state index is -0.465. The van der Waals surface area contributed by atoms with Crippen molar-refractivity contribution in [2.24, 2.45) is 5.10 Å². The summed E-state index contributed by atoms with van der Waals surface area (Å²) in [5, 5.41) is 16.5. The topological polar surface area (TPSA) is 39.4 Å². The molecule has 3 nitrogen and oxygen atoms in total. The first-order valence-electron chi connectivity index (χ1n) is 10.4. The molecule has 0 unspecified atom stereocenters. The standard InChI is InChI=1S/C28H21N3/c29-21-22-16-18-23(19-17-22)27-20-28(24-10-4-1-5-11-24,25-12-6-2-7-13-25)31(30-27)26-14-8-3-9-15-26/h1-19H,20H2. The van der Waals surface area contributed by atoms with Gasteiger partial charge in [-0.25, -0.2) is 5.01 Å². The third-order valence-corrected chi connectivity index (χ3v) is 5.86. The van der Waals surface area contributed by atoms with Gasteiger partial charge in [0.1, 0.15) is 5.54 Å². The number of nitriles is 1. The van der Waals surface area contributed by atoms with E-state index in [1.165, 1.54) is 11.1 Å². The van der Waals surface area contributed by atoms with Crippen molar-refractivity contribution in [1.82, 2.24) is 0 Å². The van der Waals surface area contributed by atoms with Crippen molar-refractivity contribution in [1.29, 1.82) is 5.26 Å². The van der Waals surface area contributed by atoms with Gasteiger partial charge in [-0.15, -0.1) is 0 Å². The van der Waals surface area contributed by atoms with Crippen molar-refractivity contribution < 1.29 is 0 Å². The molecule has 0 radical (unpaired) electrons. The quantitative estimate of drug-likeness (QED) is 0.415. The summed E-state index contributed by atoms with van der Waals surface area (Å²) < 4.78 is 0. The average Bonchev–Trinajstić information content (AvgIpc) is 3.28. The van der Waals surface area contributed by atoms with Crippen molar-refractivity contribution in [3.63, 3.8) is 0 Å². The maximum absolute atomic E-state index is 9.18. The predicted molar refractivity (Wildman–Crippen MR) is 125 cm³/mol. The van der Waals surface area contributed by atoms with Crippen molar-refractivity contribution >= 4 is 11.4 Å². The molecule has 0 aliphatic carbocycles. The number of benzene rings is 4. The zero-order valence-corrected chi connectivity index (χ0v) is 17.0. The van der Waals surface area contributed by atoms with Crippen LogP contribution in [-0.4, -0.2) is 5.71 Å². The number of rotatable bonds is 4. The predicted octanol–water partition coefficient (Wildman–Crippen LogP) is 6.12. The minimum absolute atomic E-state index is 0.465. The maximum Gasteiger partial charge on any atom is 0.119 e. The molecule has 31 heavy (non-hydrogen) atoms. The summed E-state index contributed by atoms with van der Waals surface area (Å²) in [5.41, 5.74) is 5.65. The van der Waals surface area contributed by atoms with E-state index < -0.39 is 5.54 Å². The van der Waals surface area contributed by atoms with Crippen molar-refractivity contribution in [3.8, 4) is 6.07 Å². The second-order valence-electron chi connectivity index (χ2n) is 7.65. The highest BCUT2D eigenvalue weighted by Crippen LogP contribution is 2.46. The van der Waals surface area contributed by atoms with Crippen LogP contribution in [0.4, 0.5) is 5.69 Å². The average molecular weight is 399 g/mol. The summed E-state index contributed by atoms with van der Waals surface area (Å²) in [6.45, 7) is 0. The molecule has 4 aromatic rings. The van der Waals surface area contributed by atoms with E-state index in [0.29, 0.717) is 5.56 Å². The number of hydrazone groups is 1. The first-order chi connectivity index (χ1) is 15.3. The van der Waals surface area contributed by atoms with E-state index >= 15 is 0 Å². The zero-order valence-electron chi connectivity index (χ0n) is 17.0. The van der Waals surface area contributed by atoms with Crippen LogP contribution in [-0.2, 0) is 5.54 Å². The molecule has 5 rings (SSSR count). The highest BCUT2D eigenvalue weighted by atomic mass is 15.5. The Morgan fingerprint density at radius 3 is 1.71 bits per heavy atom. The molecule has 1 aliphatic heterocycles. The molecule has 0 N–H and O–H groups in total. The summed E-state index contributed by atoms with van der Waals surface area (Å²) >= 11 is 0. The lowest BCUT2D eigenvalue weighted by molar-refractivity contribution is 0.534. The van der Waals surface area contributed by atoms with Crippen molar-refractivity contribution in [2.45, 2.75) is 12.0 Å². The smallest absolute Gasteiger partial charge is 0.119 e. The Morgan fingerprint density at radius 1 is 0.677 bits per heavy atom. The molecule has 0 bridgehead atoms. The summed E-state index contributed by atoms with van der Waals surface area (Å²) in [6.07, 6.45) is 0.724. The summed E-state index contributed by atoms with van der Waals surface area (Å²) in [7, 11) is 0. The Hall–Kier alpha value is -4.16. The van der Waals surface area contributed by atoms with E-state index in [2.05, 4.69) is 71.7 Å². The Kier molecular flexibility index (Phi) is 4.82. The van der Waals surface area contributed by atoms with E-state index in [1.807, 2.05) is 54.6 Å². The molecule has 0 saturated heterocycles. The van der Waals surface area contributed by atoms with Gasteiger partial charge in [0, 0.05) is 6.42 Å². The highest BCUT2D eigenvalue weighted by molar-refractivity contribution is 6.04. The molecule has 1 heterocycles. The van der Waals surface area contributed by atoms with Gasteiger partial charge >= 0.3 is 0 Å². The number of hydrogen-bond donors (Lipinski definition) is 0. The normalized spacial score (nSPS) is 14.7. The third-order valence-electron chi connectivity index (χ3n) is 5.86. The molecule has 0 fully saturated rings. The van der Waals surface area contributed by atoms with E-state index in [0.717, 1.165) is 23.4 Å². The lowest BCUT2D eigenvalue weighted by Gasteiger charge is -2.39. The van der Waals surface area contributed by atoms with Crippen molar-refractivity contribution in [3.05, 3.63) is 138 Å². The number of anilines is 1. The van der Waals surface area contributed by atoms with Gasteiger partial charge in [-0.1, -0.05) is 91.0 Å². The van der Waals surface area contributed by atoms with Crippen LogP contribution >= 0.6 is 0 Å². The maximum atomic E-state index is 9.18. The fraction of sp³-hybridized carbons (Fsp3) is 0.0714. The Labute approximate surface area is 182 Å². The third kappa shape index (κ3) is 3.29. The van der Waals surface area contributed by atoms with Gasteiger partial charge in [0.25, 0.3) is 0 Å². The molecule has 0 saturated carbocycles. The van der Waals surface area contributed by atoms with Crippen LogP contribution in [0.1, 0.15) is 28.7 Å². The molecule has 0 amide bonds. The molecule has 4 aromatic carbocycles. The van der Waals surface area contributed by atoms with Crippen LogP contribution in [0.3, 0.4) is 0 Å². The van der Waals surface area contributed by atoms with Crippen LogP contribution in [0, 0.1) is 11.3 Å². The SMILES string of the molecule is N#Cc1ccc(C2=NN(c3ccccc3)C(c3ccccc3)(c3ccccc3)C2)cc1. The van der Waals surface area contributed by atoms with Crippen LogP contribution in [0.25, 0.3) is 0 Å². The van der Waals surface area contributed by atoms with Gasteiger partial charge in [-0.3, -0.25) is 0 Å². The first-order valence-corrected chi connectivity index (χ1v) is 10.4. The summed E-state index contributed by atoms with van der Waals surface area (Å²) in [5.74, 6) is 0. The Balaban J connectivity index is 1.73. The second kappa shape index (κ2) is 7.93. The summed E-state index contributed by atoms with van der Waals surface area (Å²) in [6, 6.07) is 41.4. The molecule has 0 atom stereocenters. The fourth-order valence-electron chi connectivity index (χ4n) is 4.35. The van der Waals surface area contributed by atoms with Crippen LogP contribution < -0.4 is 5.01 Å². The molecule has 3 heteroatoms. The highest BCUT2D eigenvalue weighted by Gasteiger charge is 2.46. The van der Waals surface area contributed by atoms with Gasteiger partial charge in [0.15, 0.2) is 0 Å². The lowest BCUT2D eigenvalue weighted by atomic mass is 9.78. The summed E-state index contributed by atoms with van der Waals surface area (Å²) in [4.78, 5) is 0. The Bertz CT molecular complexity index is 1200. The molecule has 0 aromatic heterocycles. The van der Waals surface area contributed by atoms with E-state index in [1.54, 1.807) is 0 Å². The fourth-order valence-corrected chi connectivity index (χ4v) is 4.35. The number of nitrogens with zero attached hydrogens (tertiary/aromatic N) is 3.